The number of methoxy groups -OCH3 is 1. The number of carbonyl (C=O) groups excluding carboxylic acids is 1. The molecule has 1 aliphatic heterocycles. The number of esters is 1. The molecule has 19 heavy (non-hydrogen) atoms. The standard InChI is InChI=1S/C15H22N2O2/c1-11(2)14-10-16-7-8-17(14)13-6-4-5-12(9-13)15(18)19-3/h4-6,9,11,14,16H,7-8,10H2,1-3H3/t14-/m1/s1. The molecule has 4 heteroatoms. The molecule has 1 heterocycles. The number of nitrogens with zero attached hydrogens (tertiary/aromatic N) is 1. The quantitative estimate of drug-likeness (QED) is 0.845. The minimum absolute atomic E-state index is 0.280. The van der Waals surface area contributed by atoms with Gasteiger partial charge in [-0.3, -0.25) is 0 Å². The zero-order valence-electron chi connectivity index (χ0n) is 11.8. The van der Waals surface area contributed by atoms with Crippen LogP contribution in [0.15, 0.2) is 24.3 Å². The molecule has 0 amide bonds. The number of hydrogen-bond donors (Lipinski definition) is 1. The second-order valence-electron chi connectivity index (χ2n) is 5.25. The van der Waals surface area contributed by atoms with Crippen molar-refractivity contribution in [3.8, 4) is 0 Å². The fraction of sp³-hybridized carbons (Fsp3) is 0.533. The lowest BCUT2D eigenvalue weighted by atomic mass is 9.99. The minimum Gasteiger partial charge on any atom is -0.465 e. The maximum Gasteiger partial charge on any atom is 0.337 e. The first kappa shape index (κ1) is 13.9. The van der Waals surface area contributed by atoms with Gasteiger partial charge in [0.2, 0.25) is 0 Å². The van der Waals surface area contributed by atoms with Gasteiger partial charge >= 0.3 is 5.97 Å². The van der Waals surface area contributed by atoms with Crippen LogP contribution in [0.2, 0.25) is 0 Å². The molecule has 1 saturated heterocycles. The Labute approximate surface area is 114 Å². The normalized spacial score (nSPS) is 19.6. The van der Waals surface area contributed by atoms with Crippen LogP contribution in [0.4, 0.5) is 5.69 Å². The van der Waals surface area contributed by atoms with E-state index in [1.807, 2.05) is 12.1 Å². The highest BCUT2D eigenvalue weighted by atomic mass is 16.5. The summed E-state index contributed by atoms with van der Waals surface area (Å²) in [5, 5.41) is 3.43. The van der Waals surface area contributed by atoms with Crippen LogP contribution >= 0.6 is 0 Å². The predicted octanol–water partition coefficient (Wildman–Crippen LogP) is 1.91. The summed E-state index contributed by atoms with van der Waals surface area (Å²) in [6.45, 7) is 7.39. The van der Waals surface area contributed by atoms with Crippen LogP contribution in [-0.2, 0) is 4.74 Å². The van der Waals surface area contributed by atoms with Crippen molar-refractivity contribution in [3.63, 3.8) is 0 Å². The number of hydrogen-bond acceptors (Lipinski definition) is 4. The molecule has 0 saturated carbocycles. The van der Waals surface area contributed by atoms with Crippen molar-refractivity contribution in [3.05, 3.63) is 29.8 Å². The Morgan fingerprint density at radius 3 is 2.95 bits per heavy atom. The first-order valence-corrected chi connectivity index (χ1v) is 6.79. The van der Waals surface area contributed by atoms with Crippen molar-refractivity contribution in [2.24, 2.45) is 5.92 Å². The molecule has 0 spiro atoms. The van der Waals surface area contributed by atoms with Crippen LogP contribution < -0.4 is 10.2 Å². The van der Waals surface area contributed by atoms with Crippen LogP contribution in [0.5, 0.6) is 0 Å². The summed E-state index contributed by atoms with van der Waals surface area (Å²) >= 11 is 0. The summed E-state index contributed by atoms with van der Waals surface area (Å²) in [6.07, 6.45) is 0. The van der Waals surface area contributed by atoms with Gasteiger partial charge in [0.05, 0.1) is 12.7 Å². The van der Waals surface area contributed by atoms with Gasteiger partial charge in [0.15, 0.2) is 0 Å². The molecular weight excluding hydrogens is 240 g/mol. The van der Waals surface area contributed by atoms with Crippen LogP contribution in [0.25, 0.3) is 0 Å². The van der Waals surface area contributed by atoms with Crippen LogP contribution in [0.3, 0.4) is 0 Å². The van der Waals surface area contributed by atoms with Gasteiger partial charge in [0, 0.05) is 31.4 Å². The van der Waals surface area contributed by atoms with Crippen molar-refractivity contribution >= 4 is 11.7 Å². The molecule has 1 aliphatic rings. The summed E-state index contributed by atoms with van der Waals surface area (Å²) in [5.41, 5.74) is 1.71. The Kier molecular flexibility index (Phi) is 4.43. The third kappa shape index (κ3) is 3.07. The number of nitrogens with one attached hydrogen (secondary N) is 1. The van der Waals surface area contributed by atoms with Gasteiger partial charge in [0.25, 0.3) is 0 Å². The highest BCUT2D eigenvalue weighted by molar-refractivity contribution is 5.90. The molecular formula is C15H22N2O2. The first-order chi connectivity index (χ1) is 9.13. The van der Waals surface area contributed by atoms with Gasteiger partial charge in [-0.05, 0) is 24.1 Å². The molecule has 0 unspecified atom stereocenters. The third-order valence-electron chi connectivity index (χ3n) is 3.65. The van der Waals surface area contributed by atoms with E-state index in [2.05, 4.69) is 30.1 Å². The molecule has 1 fully saturated rings. The Morgan fingerprint density at radius 1 is 1.47 bits per heavy atom. The lowest BCUT2D eigenvalue weighted by Gasteiger charge is -2.40. The fourth-order valence-corrected chi connectivity index (χ4v) is 2.57. The van der Waals surface area contributed by atoms with E-state index < -0.39 is 0 Å². The SMILES string of the molecule is COC(=O)c1cccc(N2CCNC[C@@H]2C(C)C)c1. The number of benzene rings is 1. The monoisotopic (exact) mass is 262 g/mol. The number of piperazine rings is 1. The van der Waals surface area contributed by atoms with E-state index in [1.54, 1.807) is 6.07 Å². The van der Waals surface area contributed by atoms with Crippen molar-refractivity contribution in [2.45, 2.75) is 19.9 Å². The Bertz CT molecular complexity index is 446. The van der Waals surface area contributed by atoms with Gasteiger partial charge in [0.1, 0.15) is 0 Å². The summed E-state index contributed by atoms with van der Waals surface area (Å²) in [7, 11) is 1.41. The van der Waals surface area contributed by atoms with E-state index in [-0.39, 0.29) is 5.97 Å². The molecule has 0 bridgehead atoms. The summed E-state index contributed by atoms with van der Waals surface area (Å²) in [5.74, 6) is 0.285. The highest BCUT2D eigenvalue weighted by Gasteiger charge is 2.25. The molecule has 2 rings (SSSR count). The molecule has 1 aromatic carbocycles. The topological polar surface area (TPSA) is 41.6 Å². The van der Waals surface area contributed by atoms with E-state index >= 15 is 0 Å². The zero-order chi connectivity index (χ0) is 13.8. The van der Waals surface area contributed by atoms with E-state index in [0.717, 1.165) is 25.3 Å². The van der Waals surface area contributed by atoms with Gasteiger partial charge in [-0.1, -0.05) is 19.9 Å². The molecule has 0 aromatic heterocycles. The van der Waals surface area contributed by atoms with E-state index in [0.29, 0.717) is 17.5 Å². The van der Waals surface area contributed by atoms with Gasteiger partial charge in [-0.25, -0.2) is 4.79 Å². The van der Waals surface area contributed by atoms with Crippen molar-refractivity contribution in [1.82, 2.24) is 5.32 Å². The first-order valence-electron chi connectivity index (χ1n) is 6.79. The summed E-state index contributed by atoms with van der Waals surface area (Å²) < 4.78 is 4.78. The second-order valence-corrected chi connectivity index (χ2v) is 5.25. The number of carbonyl (C=O) groups is 1. The highest BCUT2D eigenvalue weighted by Crippen LogP contribution is 2.23. The van der Waals surface area contributed by atoms with Crippen molar-refractivity contribution in [1.29, 1.82) is 0 Å². The lowest BCUT2D eigenvalue weighted by Crippen LogP contribution is -2.53. The number of rotatable bonds is 3. The smallest absolute Gasteiger partial charge is 0.337 e. The minimum atomic E-state index is -0.280. The Balaban J connectivity index is 2.26. The third-order valence-corrected chi connectivity index (χ3v) is 3.65. The molecule has 0 aliphatic carbocycles. The van der Waals surface area contributed by atoms with Crippen LogP contribution in [-0.4, -0.2) is 38.8 Å². The number of anilines is 1. The average Bonchev–Trinajstić information content (AvgIpc) is 2.46. The Hall–Kier alpha value is -1.55. The fourth-order valence-electron chi connectivity index (χ4n) is 2.57. The predicted molar refractivity (Wildman–Crippen MR) is 76.6 cm³/mol. The van der Waals surface area contributed by atoms with Gasteiger partial charge < -0.3 is 15.0 Å². The molecule has 1 atom stereocenters. The van der Waals surface area contributed by atoms with Gasteiger partial charge in [-0.15, -0.1) is 0 Å². The molecule has 104 valence electrons. The summed E-state index contributed by atoms with van der Waals surface area (Å²) in [6, 6.07) is 8.16. The largest absolute Gasteiger partial charge is 0.465 e. The molecule has 1 aromatic rings. The molecule has 4 nitrogen and oxygen atoms in total. The molecule has 1 N–H and O–H groups in total. The van der Waals surface area contributed by atoms with Crippen LogP contribution in [0, 0.1) is 5.92 Å². The van der Waals surface area contributed by atoms with E-state index in [1.165, 1.54) is 7.11 Å². The van der Waals surface area contributed by atoms with E-state index in [4.69, 9.17) is 4.74 Å². The van der Waals surface area contributed by atoms with Crippen molar-refractivity contribution in [2.75, 3.05) is 31.6 Å². The number of ether oxygens (including phenoxy) is 1. The average molecular weight is 262 g/mol. The zero-order valence-corrected chi connectivity index (χ0v) is 11.8. The molecule has 0 radical (unpaired) electrons. The maximum atomic E-state index is 11.6. The summed E-state index contributed by atoms with van der Waals surface area (Å²) in [4.78, 5) is 14.0. The van der Waals surface area contributed by atoms with E-state index in [9.17, 15) is 4.79 Å². The van der Waals surface area contributed by atoms with Crippen LogP contribution in [0.1, 0.15) is 24.2 Å². The maximum absolute atomic E-state index is 11.6. The lowest BCUT2D eigenvalue weighted by molar-refractivity contribution is 0.0601. The second kappa shape index (κ2) is 6.06. The van der Waals surface area contributed by atoms with Gasteiger partial charge in [-0.2, -0.15) is 0 Å². The van der Waals surface area contributed by atoms with Crippen molar-refractivity contribution < 1.29 is 9.53 Å². The Morgan fingerprint density at radius 2 is 2.26 bits per heavy atom.